The van der Waals surface area contributed by atoms with Crippen molar-refractivity contribution in [3.05, 3.63) is 41.6 Å². The lowest BCUT2D eigenvalue weighted by atomic mass is 10.0. The molecule has 2 aromatic carbocycles. The van der Waals surface area contributed by atoms with Crippen molar-refractivity contribution in [3.8, 4) is 17.2 Å². The monoisotopic (exact) mass is 409 g/mol. The average molecular weight is 409 g/mol. The van der Waals surface area contributed by atoms with Gasteiger partial charge in [0.2, 0.25) is 5.95 Å². The second-order valence-electron chi connectivity index (χ2n) is 6.64. The summed E-state index contributed by atoms with van der Waals surface area (Å²) in [5, 5.41) is 18.5. The Bertz CT molecular complexity index is 1130. The Morgan fingerprint density at radius 2 is 1.90 bits per heavy atom. The van der Waals surface area contributed by atoms with E-state index in [0.717, 1.165) is 16.6 Å². The largest absolute Gasteiger partial charge is 0.494 e. The van der Waals surface area contributed by atoms with E-state index in [1.807, 2.05) is 38.1 Å². The normalized spacial score (nSPS) is 17.2. The molecule has 0 amide bonds. The van der Waals surface area contributed by atoms with E-state index in [0.29, 0.717) is 35.1 Å². The number of para-hydroxylation sites is 1. The molecule has 0 saturated heterocycles. The number of benzene rings is 2. The fourth-order valence-corrected chi connectivity index (χ4v) is 3.49. The van der Waals surface area contributed by atoms with Crippen LogP contribution in [-0.4, -0.2) is 42.2 Å². The third-order valence-electron chi connectivity index (χ3n) is 4.83. The molecular weight excluding hydrogens is 386 g/mol. The lowest BCUT2D eigenvalue weighted by Gasteiger charge is -2.33. The van der Waals surface area contributed by atoms with Crippen LogP contribution in [0.25, 0.3) is 10.9 Å². The highest BCUT2D eigenvalue weighted by Crippen LogP contribution is 2.49. The molecule has 0 aliphatic carbocycles. The number of aromatic nitrogens is 2. The van der Waals surface area contributed by atoms with Crippen molar-refractivity contribution in [2.45, 2.75) is 19.7 Å². The summed E-state index contributed by atoms with van der Waals surface area (Å²) in [4.78, 5) is 13.3. The number of rotatable bonds is 6. The number of hydrogen-bond acceptors (Lipinski definition) is 9. The van der Waals surface area contributed by atoms with Crippen molar-refractivity contribution in [2.24, 2.45) is 4.99 Å². The SMILES string of the molecule is CCOc1c(OC)cc(OC)c2c1C(O)(Nc1nc(C)c3ccccc3n1)N=CN2. The molecule has 1 atom stereocenters. The zero-order valence-corrected chi connectivity index (χ0v) is 17.2. The van der Waals surface area contributed by atoms with E-state index in [1.54, 1.807) is 6.07 Å². The van der Waals surface area contributed by atoms with Gasteiger partial charge in [0.25, 0.3) is 5.85 Å². The number of fused-ring (bicyclic) bond motifs is 2. The van der Waals surface area contributed by atoms with Crippen LogP contribution in [0.15, 0.2) is 35.3 Å². The fourth-order valence-electron chi connectivity index (χ4n) is 3.49. The number of hydrogen-bond donors (Lipinski definition) is 3. The van der Waals surface area contributed by atoms with Gasteiger partial charge in [0.05, 0.1) is 44.1 Å². The summed E-state index contributed by atoms with van der Waals surface area (Å²) in [6, 6.07) is 9.35. The van der Waals surface area contributed by atoms with Crippen molar-refractivity contribution in [3.63, 3.8) is 0 Å². The van der Waals surface area contributed by atoms with Gasteiger partial charge < -0.3 is 30.0 Å². The summed E-state index contributed by atoms with van der Waals surface area (Å²) in [7, 11) is 3.05. The van der Waals surface area contributed by atoms with Crippen molar-refractivity contribution in [1.29, 1.82) is 0 Å². The van der Waals surface area contributed by atoms with E-state index in [1.165, 1.54) is 20.6 Å². The van der Waals surface area contributed by atoms with Crippen molar-refractivity contribution in [1.82, 2.24) is 9.97 Å². The first-order valence-corrected chi connectivity index (χ1v) is 9.47. The Morgan fingerprint density at radius 3 is 2.63 bits per heavy atom. The zero-order valence-electron chi connectivity index (χ0n) is 17.2. The van der Waals surface area contributed by atoms with Crippen LogP contribution in [0.3, 0.4) is 0 Å². The van der Waals surface area contributed by atoms with Crippen LogP contribution in [0.5, 0.6) is 17.2 Å². The van der Waals surface area contributed by atoms with E-state index < -0.39 is 5.85 Å². The van der Waals surface area contributed by atoms with Gasteiger partial charge in [-0.3, -0.25) is 0 Å². The molecule has 9 nitrogen and oxygen atoms in total. The third-order valence-corrected chi connectivity index (χ3v) is 4.83. The molecule has 1 unspecified atom stereocenters. The molecule has 0 fully saturated rings. The van der Waals surface area contributed by atoms with Crippen molar-refractivity contribution in [2.75, 3.05) is 31.5 Å². The summed E-state index contributed by atoms with van der Waals surface area (Å²) >= 11 is 0. The van der Waals surface area contributed by atoms with Gasteiger partial charge in [0.1, 0.15) is 11.3 Å². The Morgan fingerprint density at radius 1 is 1.13 bits per heavy atom. The predicted molar refractivity (Wildman–Crippen MR) is 115 cm³/mol. The number of aliphatic hydroxyl groups is 1. The topological polar surface area (TPSA) is 110 Å². The molecule has 4 rings (SSSR count). The lowest BCUT2D eigenvalue weighted by molar-refractivity contribution is 0.0727. The predicted octanol–water partition coefficient (Wildman–Crippen LogP) is 3.02. The van der Waals surface area contributed by atoms with Crippen LogP contribution >= 0.6 is 0 Å². The number of anilines is 2. The summed E-state index contributed by atoms with van der Waals surface area (Å²) in [6.45, 7) is 4.09. The molecule has 1 aromatic heterocycles. The molecule has 1 aliphatic heterocycles. The first-order valence-electron chi connectivity index (χ1n) is 9.47. The second-order valence-corrected chi connectivity index (χ2v) is 6.64. The number of nitrogens with zero attached hydrogens (tertiary/aromatic N) is 3. The van der Waals surface area contributed by atoms with Crippen molar-refractivity contribution >= 4 is 28.9 Å². The quantitative estimate of drug-likeness (QED) is 0.533. The molecule has 0 radical (unpaired) electrons. The van der Waals surface area contributed by atoms with Crippen LogP contribution in [0.4, 0.5) is 11.6 Å². The molecule has 0 saturated carbocycles. The Hall–Kier alpha value is -3.59. The maximum atomic E-state index is 11.6. The molecule has 9 heteroatoms. The van der Waals surface area contributed by atoms with E-state index in [9.17, 15) is 5.11 Å². The molecular formula is C21H23N5O4. The highest BCUT2D eigenvalue weighted by Gasteiger charge is 2.41. The Labute approximate surface area is 173 Å². The van der Waals surface area contributed by atoms with Crippen LogP contribution in [0.2, 0.25) is 0 Å². The number of nitrogens with one attached hydrogen (secondary N) is 2. The number of methoxy groups -OCH3 is 2. The maximum Gasteiger partial charge on any atom is 0.271 e. The molecule has 0 spiro atoms. The van der Waals surface area contributed by atoms with Gasteiger partial charge in [0, 0.05) is 11.5 Å². The molecule has 30 heavy (non-hydrogen) atoms. The van der Waals surface area contributed by atoms with Crippen molar-refractivity contribution < 1.29 is 19.3 Å². The smallest absolute Gasteiger partial charge is 0.271 e. The van der Waals surface area contributed by atoms with E-state index in [2.05, 4.69) is 25.6 Å². The summed E-state index contributed by atoms with van der Waals surface area (Å²) in [5.74, 6) is -0.480. The summed E-state index contributed by atoms with van der Waals surface area (Å²) < 4.78 is 16.8. The van der Waals surface area contributed by atoms with Crippen LogP contribution < -0.4 is 24.8 Å². The van der Waals surface area contributed by atoms with Gasteiger partial charge >= 0.3 is 0 Å². The second kappa shape index (κ2) is 7.68. The first kappa shape index (κ1) is 19.7. The standard InChI is InChI=1S/C21H23N5O4/c1-5-30-19-16(29-4)10-15(28-3)18-17(19)21(27,23-11-22-18)26-20-24-12(2)13-8-6-7-9-14(13)25-20/h6-11,27H,5H2,1-4H3,(H,22,23)(H,24,25,26). The van der Waals surface area contributed by atoms with Crippen LogP contribution in [0.1, 0.15) is 18.2 Å². The molecule has 0 bridgehead atoms. The van der Waals surface area contributed by atoms with Gasteiger partial charge in [-0.15, -0.1) is 0 Å². The number of aliphatic imine (C=N–C) groups is 1. The van der Waals surface area contributed by atoms with E-state index >= 15 is 0 Å². The fraction of sp³-hybridized carbons (Fsp3) is 0.286. The van der Waals surface area contributed by atoms with Crippen LogP contribution in [-0.2, 0) is 5.85 Å². The minimum Gasteiger partial charge on any atom is -0.494 e. The van der Waals surface area contributed by atoms with Gasteiger partial charge in [-0.1, -0.05) is 18.2 Å². The zero-order chi connectivity index (χ0) is 21.3. The highest BCUT2D eigenvalue weighted by molar-refractivity contribution is 5.88. The first-order chi connectivity index (χ1) is 14.5. The molecule has 3 N–H and O–H groups in total. The average Bonchev–Trinajstić information content (AvgIpc) is 2.74. The molecule has 2 heterocycles. The maximum absolute atomic E-state index is 11.6. The highest BCUT2D eigenvalue weighted by atomic mass is 16.5. The van der Waals surface area contributed by atoms with Gasteiger partial charge in [-0.2, -0.15) is 0 Å². The Balaban J connectivity index is 1.88. The minimum absolute atomic E-state index is 0.225. The lowest BCUT2D eigenvalue weighted by Crippen LogP contribution is -2.38. The molecule has 1 aliphatic rings. The molecule has 156 valence electrons. The summed E-state index contributed by atoms with van der Waals surface area (Å²) in [5.41, 5.74) is 2.35. The Kier molecular flexibility index (Phi) is 5.04. The molecule has 3 aromatic rings. The number of ether oxygens (including phenoxy) is 3. The third kappa shape index (κ3) is 3.22. The van der Waals surface area contributed by atoms with Gasteiger partial charge in [-0.25, -0.2) is 15.0 Å². The van der Waals surface area contributed by atoms with Gasteiger partial charge in [0.15, 0.2) is 11.5 Å². The number of aryl methyl sites for hydroxylation is 1. The van der Waals surface area contributed by atoms with Gasteiger partial charge in [-0.05, 0) is 19.9 Å². The van der Waals surface area contributed by atoms with E-state index in [-0.39, 0.29) is 5.95 Å². The summed E-state index contributed by atoms with van der Waals surface area (Å²) in [6.07, 6.45) is 1.38. The van der Waals surface area contributed by atoms with Crippen LogP contribution in [0, 0.1) is 6.92 Å². The minimum atomic E-state index is -1.91. The van der Waals surface area contributed by atoms with E-state index in [4.69, 9.17) is 14.2 Å².